The van der Waals surface area contributed by atoms with Crippen LogP contribution in [0.1, 0.15) is 28.7 Å². The molecule has 6 aromatic carbocycles. The van der Waals surface area contributed by atoms with Crippen molar-refractivity contribution < 1.29 is 51.0 Å². The molecule has 6 aromatic rings. The molecule has 46 heavy (non-hydrogen) atoms. The summed E-state index contributed by atoms with van der Waals surface area (Å²) in [7, 11) is 0. The van der Waals surface area contributed by atoms with E-state index in [2.05, 4.69) is 170 Å². The van der Waals surface area contributed by atoms with E-state index >= 15 is 0 Å². The van der Waals surface area contributed by atoms with Crippen molar-refractivity contribution >= 4 is 17.2 Å². The second-order valence-corrected chi connectivity index (χ2v) is 11.1. The van der Waals surface area contributed by atoms with Gasteiger partial charge in [0.2, 0.25) is 0 Å². The van der Waals surface area contributed by atoms with E-state index in [0.717, 1.165) is 12.0 Å². The largest absolute Gasteiger partial charge is 3.00 e. The van der Waals surface area contributed by atoms with Gasteiger partial charge in [0.15, 0.2) is 0 Å². The molecule has 2 aliphatic rings. The predicted octanol–water partition coefficient (Wildman–Crippen LogP) is 3.30. The zero-order valence-electron chi connectivity index (χ0n) is 25.1. The van der Waals surface area contributed by atoms with E-state index in [9.17, 15) is 0 Å². The summed E-state index contributed by atoms with van der Waals surface area (Å²) in [6.07, 6.45) is 11.6. The monoisotopic (exact) mass is 705 g/mol. The summed E-state index contributed by atoms with van der Waals surface area (Å²) in [6.45, 7) is 0. The summed E-state index contributed by atoms with van der Waals surface area (Å²) in [4.78, 5) is 0. The molecule has 0 amide bonds. The van der Waals surface area contributed by atoms with E-state index in [-0.39, 0.29) is 51.0 Å². The molecule has 0 N–H and O–H groups in total. The van der Waals surface area contributed by atoms with Gasteiger partial charge in [-0.15, -0.1) is 28.5 Å². The SMILES string of the molecule is [C-]1=c2c(C3=CC=CC3)c(-c3ccccc3)c(=C(c3ccccc3)c3ccccc3)c(-c3ccccc3)c2-c2ccccc21.[Cl-].[Cl-].[Zr+3]. The average Bonchev–Trinajstić information content (AvgIpc) is 3.75. The smallest absolute Gasteiger partial charge is 1.00 e. The quantitative estimate of drug-likeness (QED) is 0.241. The zero-order chi connectivity index (χ0) is 28.6. The molecule has 8 rings (SSSR count). The third kappa shape index (κ3) is 5.85. The molecular weight excluding hydrogens is 679 g/mol. The molecule has 0 atom stereocenters. The Labute approximate surface area is 302 Å². The Kier molecular flexibility index (Phi) is 10.6. The molecule has 0 unspecified atom stereocenters. The van der Waals surface area contributed by atoms with E-state index < -0.39 is 0 Å². The van der Waals surface area contributed by atoms with Gasteiger partial charge in [0.25, 0.3) is 0 Å². The van der Waals surface area contributed by atoms with Crippen molar-refractivity contribution in [3.05, 3.63) is 197 Å². The number of rotatable bonds is 5. The van der Waals surface area contributed by atoms with E-state index in [1.54, 1.807) is 0 Å². The summed E-state index contributed by atoms with van der Waals surface area (Å²) in [5.41, 5.74) is 14.8. The van der Waals surface area contributed by atoms with E-state index in [0.29, 0.717) is 0 Å². The molecule has 0 aromatic heterocycles. The maximum absolute atomic E-state index is 3.91. The van der Waals surface area contributed by atoms with E-state index in [1.165, 1.54) is 71.7 Å². The van der Waals surface area contributed by atoms with Crippen LogP contribution in [0.4, 0.5) is 0 Å². The number of fused-ring (bicyclic) bond motifs is 3. The van der Waals surface area contributed by atoms with Gasteiger partial charge in [-0.3, -0.25) is 0 Å². The number of benzene rings is 6. The summed E-state index contributed by atoms with van der Waals surface area (Å²) < 4.78 is 0. The topological polar surface area (TPSA) is 0 Å². The second-order valence-electron chi connectivity index (χ2n) is 11.1. The zero-order valence-corrected chi connectivity index (χ0v) is 29.0. The van der Waals surface area contributed by atoms with E-state index in [1.807, 2.05) is 0 Å². The standard InChI is InChI=1S/C43H29.2ClH.Zr/c1-5-17-30(18-6-1)38(31-19-7-2-8-20-31)43-40(33-21-9-3-10-22-33)39(32-25-13-14-26-32)37-29-35-27-15-16-28-36(35)42(37)41(43)34-23-11-4-12-24-34;;;/h1-25,27-28H,26H2;2*1H;/q-1;;;+3/p-2. The van der Waals surface area contributed by atoms with Crippen molar-refractivity contribution in [3.8, 4) is 33.4 Å². The Morgan fingerprint density at radius 3 is 1.50 bits per heavy atom. The molecule has 0 bridgehead atoms. The second kappa shape index (κ2) is 14.6. The number of halogens is 2. The molecule has 1 radical (unpaired) electrons. The summed E-state index contributed by atoms with van der Waals surface area (Å²) >= 11 is 0. The fraction of sp³-hybridized carbons (Fsp3) is 0.0233. The normalized spacial score (nSPS) is 12.0. The van der Waals surface area contributed by atoms with Crippen LogP contribution in [-0.2, 0) is 26.2 Å². The molecule has 3 heteroatoms. The summed E-state index contributed by atoms with van der Waals surface area (Å²) in [5.74, 6) is 0. The minimum atomic E-state index is 0. The molecule has 0 spiro atoms. The Bertz CT molecular complexity index is 2130. The number of allylic oxidation sites excluding steroid dienone is 4. The minimum Gasteiger partial charge on any atom is -1.00 e. The van der Waals surface area contributed by atoms with Crippen molar-refractivity contribution in [1.82, 2.24) is 0 Å². The first-order valence-electron chi connectivity index (χ1n) is 14.9. The third-order valence-electron chi connectivity index (χ3n) is 8.55. The maximum atomic E-state index is 3.91. The van der Waals surface area contributed by atoms with Crippen LogP contribution < -0.4 is 35.3 Å². The fourth-order valence-corrected chi connectivity index (χ4v) is 6.74. The molecule has 0 aliphatic heterocycles. The number of hydrogen-bond acceptors (Lipinski definition) is 0. The molecule has 0 fully saturated rings. The van der Waals surface area contributed by atoms with Gasteiger partial charge in [-0.05, 0) is 50.6 Å². The first-order chi connectivity index (χ1) is 21.4. The first-order valence-corrected chi connectivity index (χ1v) is 14.9. The van der Waals surface area contributed by atoms with Gasteiger partial charge in [-0.1, -0.05) is 174 Å². The van der Waals surface area contributed by atoms with Crippen LogP contribution >= 0.6 is 0 Å². The van der Waals surface area contributed by atoms with Gasteiger partial charge in [0.05, 0.1) is 0 Å². The van der Waals surface area contributed by atoms with Crippen LogP contribution in [0.25, 0.3) is 50.6 Å². The fourth-order valence-electron chi connectivity index (χ4n) is 6.74. The number of hydrogen-bond donors (Lipinski definition) is 0. The van der Waals surface area contributed by atoms with Crippen LogP contribution in [0, 0.1) is 0 Å². The van der Waals surface area contributed by atoms with Gasteiger partial charge in [0, 0.05) is 0 Å². The van der Waals surface area contributed by atoms with Crippen molar-refractivity contribution in [3.63, 3.8) is 0 Å². The summed E-state index contributed by atoms with van der Waals surface area (Å²) in [5, 5.41) is 2.45. The van der Waals surface area contributed by atoms with Crippen molar-refractivity contribution in [2.45, 2.75) is 6.42 Å². The Balaban J connectivity index is 0.00000139. The van der Waals surface area contributed by atoms with Crippen LogP contribution in [0.3, 0.4) is 0 Å². The molecule has 2 aliphatic carbocycles. The predicted molar refractivity (Wildman–Crippen MR) is 181 cm³/mol. The average molecular weight is 708 g/mol. The molecular formula is C43H29Cl2Zr. The molecule has 0 saturated heterocycles. The van der Waals surface area contributed by atoms with Crippen molar-refractivity contribution in [2.24, 2.45) is 0 Å². The maximum Gasteiger partial charge on any atom is 3.00 e. The van der Waals surface area contributed by atoms with Gasteiger partial charge < -0.3 is 24.8 Å². The molecule has 0 heterocycles. The minimum absolute atomic E-state index is 0. The Morgan fingerprint density at radius 2 is 0.978 bits per heavy atom. The Morgan fingerprint density at radius 1 is 0.500 bits per heavy atom. The third-order valence-corrected chi connectivity index (χ3v) is 8.55. The van der Waals surface area contributed by atoms with Gasteiger partial charge in [-0.25, -0.2) is 0 Å². The molecule has 219 valence electrons. The van der Waals surface area contributed by atoms with Gasteiger partial charge in [-0.2, -0.15) is 0 Å². The van der Waals surface area contributed by atoms with E-state index in [4.69, 9.17) is 0 Å². The first kappa shape index (κ1) is 33.4. The van der Waals surface area contributed by atoms with Crippen LogP contribution in [0.5, 0.6) is 0 Å². The van der Waals surface area contributed by atoms with Gasteiger partial charge >= 0.3 is 26.2 Å². The molecule has 0 nitrogen and oxygen atoms in total. The van der Waals surface area contributed by atoms with Crippen molar-refractivity contribution in [2.75, 3.05) is 0 Å². The Hall–Kier alpha value is -4.00. The van der Waals surface area contributed by atoms with Gasteiger partial charge in [0.1, 0.15) is 0 Å². The van der Waals surface area contributed by atoms with Crippen LogP contribution in [0.2, 0.25) is 0 Å². The van der Waals surface area contributed by atoms with Crippen molar-refractivity contribution in [1.29, 1.82) is 0 Å². The van der Waals surface area contributed by atoms with Crippen LogP contribution in [0.15, 0.2) is 164 Å². The summed E-state index contributed by atoms with van der Waals surface area (Å²) in [6, 6.07) is 52.5. The van der Waals surface area contributed by atoms with Crippen LogP contribution in [-0.4, -0.2) is 0 Å². The molecule has 0 saturated carbocycles.